The lowest BCUT2D eigenvalue weighted by atomic mass is 9.77. The minimum Gasteiger partial charge on any atom is -0.323 e. The quantitative estimate of drug-likeness (QED) is 0.601. The van der Waals surface area contributed by atoms with E-state index >= 15 is 0 Å². The first kappa shape index (κ1) is 15.6. The molecule has 1 nitrogen and oxygen atoms in total. The van der Waals surface area contributed by atoms with Gasteiger partial charge in [-0.3, -0.25) is 0 Å². The molecule has 1 saturated carbocycles. The van der Waals surface area contributed by atoms with Crippen LogP contribution in [0.1, 0.15) is 67.7 Å². The van der Waals surface area contributed by atoms with E-state index in [-0.39, 0.29) is 10.6 Å². The SMILES string of the molecule is CC(C)[C@@H]1CC[C@@H](C)C[C@H]1P1(=O)CC(C)(C)C1(C)C. The molecule has 1 heterocycles. The van der Waals surface area contributed by atoms with E-state index in [4.69, 9.17) is 0 Å². The summed E-state index contributed by atoms with van der Waals surface area (Å²) in [5, 5.41) is 0.0366. The fraction of sp³-hybridized carbons (Fsp3) is 1.00. The summed E-state index contributed by atoms with van der Waals surface area (Å²) in [4.78, 5) is 0. The normalized spacial score (nSPS) is 44.9. The number of hydrogen-bond donors (Lipinski definition) is 0. The fourth-order valence-electron chi connectivity index (χ4n) is 4.56. The molecule has 0 N–H and O–H groups in total. The van der Waals surface area contributed by atoms with E-state index < -0.39 is 7.14 Å². The highest BCUT2D eigenvalue weighted by atomic mass is 31.2. The average Bonchev–Trinajstić information content (AvgIpc) is 2.27. The number of hydrogen-bond acceptors (Lipinski definition) is 1. The highest BCUT2D eigenvalue weighted by molar-refractivity contribution is 7.68. The minimum atomic E-state index is -2.04. The summed E-state index contributed by atoms with van der Waals surface area (Å²) in [5.41, 5.74) is 0.754. The molecule has 0 bridgehead atoms. The van der Waals surface area contributed by atoms with E-state index in [1.165, 1.54) is 19.3 Å². The van der Waals surface area contributed by atoms with Crippen LogP contribution in [0.15, 0.2) is 0 Å². The zero-order valence-corrected chi connectivity index (χ0v) is 14.9. The molecule has 112 valence electrons. The van der Waals surface area contributed by atoms with Crippen LogP contribution in [0, 0.1) is 23.2 Å². The van der Waals surface area contributed by atoms with Crippen LogP contribution in [0.4, 0.5) is 0 Å². The highest BCUT2D eigenvalue weighted by Crippen LogP contribution is 2.81. The van der Waals surface area contributed by atoms with Crippen molar-refractivity contribution in [3.63, 3.8) is 0 Å². The van der Waals surface area contributed by atoms with Gasteiger partial charge in [0.05, 0.1) is 7.14 Å². The van der Waals surface area contributed by atoms with E-state index in [9.17, 15) is 4.57 Å². The van der Waals surface area contributed by atoms with Crippen LogP contribution in [0.2, 0.25) is 0 Å². The molecule has 1 saturated heterocycles. The molecule has 0 aromatic carbocycles. The molecule has 2 fully saturated rings. The van der Waals surface area contributed by atoms with Gasteiger partial charge in [-0.25, -0.2) is 0 Å². The second-order valence-corrected chi connectivity index (χ2v) is 12.5. The van der Waals surface area contributed by atoms with Crippen LogP contribution in [0.25, 0.3) is 0 Å². The fourth-order valence-corrected chi connectivity index (χ4v) is 10.2. The molecule has 0 aromatic heterocycles. The molecule has 2 rings (SSSR count). The van der Waals surface area contributed by atoms with Crippen molar-refractivity contribution < 1.29 is 4.57 Å². The molecule has 1 aliphatic heterocycles. The van der Waals surface area contributed by atoms with Crippen molar-refractivity contribution in [2.24, 2.45) is 23.2 Å². The predicted octanol–water partition coefficient (Wildman–Crippen LogP) is 5.63. The summed E-state index contributed by atoms with van der Waals surface area (Å²) >= 11 is 0. The van der Waals surface area contributed by atoms with Crippen molar-refractivity contribution in [1.82, 2.24) is 0 Å². The summed E-state index contributed by atoms with van der Waals surface area (Å²) in [6, 6.07) is 0. The Labute approximate surface area is 120 Å². The van der Waals surface area contributed by atoms with Gasteiger partial charge >= 0.3 is 0 Å². The second kappa shape index (κ2) is 4.62. The van der Waals surface area contributed by atoms with Crippen LogP contribution in [-0.4, -0.2) is 17.0 Å². The Morgan fingerprint density at radius 1 is 1.11 bits per heavy atom. The van der Waals surface area contributed by atoms with Crippen LogP contribution >= 0.6 is 7.14 Å². The zero-order valence-electron chi connectivity index (χ0n) is 14.0. The summed E-state index contributed by atoms with van der Waals surface area (Å²) in [6.45, 7) is 16.2. The van der Waals surface area contributed by atoms with Gasteiger partial charge < -0.3 is 4.57 Å². The molecular formula is C17H33OP. The van der Waals surface area contributed by atoms with Crippen molar-refractivity contribution >= 4 is 7.14 Å². The van der Waals surface area contributed by atoms with Crippen molar-refractivity contribution in [3.8, 4) is 0 Å². The Bertz CT molecular complexity index is 394. The van der Waals surface area contributed by atoms with Crippen LogP contribution in [-0.2, 0) is 4.57 Å². The van der Waals surface area contributed by atoms with E-state index in [0.29, 0.717) is 17.5 Å². The predicted molar refractivity (Wildman–Crippen MR) is 85.5 cm³/mol. The van der Waals surface area contributed by atoms with Gasteiger partial charge in [0, 0.05) is 17.0 Å². The van der Waals surface area contributed by atoms with Gasteiger partial charge in [0.25, 0.3) is 0 Å². The summed E-state index contributed by atoms with van der Waals surface area (Å²) in [6.07, 6.45) is 4.82. The molecule has 2 heteroatoms. The maximum Gasteiger partial charge on any atom is 0.0973 e. The first-order valence-electron chi connectivity index (χ1n) is 8.12. The third-order valence-electron chi connectivity index (χ3n) is 6.76. The van der Waals surface area contributed by atoms with Gasteiger partial charge in [-0.1, -0.05) is 54.9 Å². The van der Waals surface area contributed by atoms with Crippen molar-refractivity contribution in [3.05, 3.63) is 0 Å². The van der Waals surface area contributed by atoms with Crippen molar-refractivity contribution in [2.45, 2.75) is 78.5 Å². The smallest absolute Gasteiger partial charge is 0.0973 e. The van der Waals surface area contributed by atoms with Gasteiger partial charge in [0.15, 0.2) is 0 Å². The van der Waals surface area contributed by atoms with E-state index in [1.54, 1.807) is 0 Å². The number of rotatable bonds is 2. The Balaban J connectivity index is 2.31. The largest absolute Gasteiger partial charge is 0.323 e. The molecule has 1 aliphatic carbocycles. The third-order valence-corrected chi connectivity index (χ3v) is 12.2. The first-order chi connectivity index (χ1) is 8.53. The molecule has 1 unspecified atom stereocenters. The first-order valence-corrected chi connectivity index (χ1v) is 10.1. The summed E-state index contributed by atoms with van der Waals surface area (Å²) in [7, 11) is -2.04. The van der Waals surface area contributed by atoms with Gasteiger partial charge in [-0.05, 0) is 36.0 Å². The third kappa shape index (κ3) is 2.15. The Hall–Kier alpha value is 0.230. The van der Waals surface area contributed by atoms with Gasteiger partial charge in [-0.15, -0.1) is 0 Å². The topological polar surface area (TPSA) is 17.1 Å². The van der Waals surface area contributed by atoms with Crippen molar-refractivity contribution in [2.75, 3.05) is 6.16 Å². The lowest BCUT2D eigenvalue weighted by molar-refractivity contribution is 0.200. The maximum absolute atomic E-state index is 13.8. The highest BCUT2D eigenvalue weighted by Gasteiger charge is 2.65. The molecule has 0 spiro atoms. The minimum absolute atomic E-state index is 0.0366. The maximum atomic E-state index is 13.8. The molecular weight excluding hydrogens is 251 g/mol. The van der Waals surface area contributed by atoms with Crippen LogP contribution < -0.4 is 0 Å². The van der Waals surface area contributed by atoms with Crippen LogP contribution in [0.5, 0.6) is 0 Å². The lowest BCUT2D eigenvalue weighted by Crippen LogP contribution is -2.57. The zero-order chi connectivity index (χ0) is 14.6. The summed E-state index contributed by atoms with van der Waals surface area (Å²) < 4.78 is 13.8. The van der Waals surface area contributed by atoms with Gasteiger partial charge in [-0.2, -0.15) is 0 Å². The average molecular weight is 284 g/mol. The molecule has 2 aliphatic rings. The monoisotopic (exact) mass is 284 g/mol. The molecule has 19 heavy (non-hydrogen) atoms. The molecule has 0 radical (unpaired) electrons. The second-order valence-electron chi connectivity index (χ2n) is 8.79. The van der Waals surface area contributed by atoms with Gasteiger partial charge in [0.1, 0.15) is 0 Å². The Morgan fingerprint density at radius 3 is 2.11 bits per heavy atom. The summed E-state index contributed by atoms with van der Waals surface area (Å²) in [5.74, 6) is 2.14. The molecule has 0 aromatic rings. The Morgan fingerprint density at radius 2 is 1.68 bits per heavy atom. The van der Waals surface area contributed by atoms with Crippen molar-refractivity contribution in [1.29, 1.82) is 0 Å². The lowest BCUT2D eigenvalue weighted by Gasteiger charge is -2.63. The standard InChI is InChI=1S/C17H33OP/c1-12(2)14-9-8-13(3)10-15(14)19(18)11-16(4,5)17(19,6)7/h12-15H,8-11H2,1-7H3/t13-,14+,15-,19?/m1/s1. The van der Waals surface area contributed by atoms with E-state index in [1.807, 2.05) is 0 Å². The van der Waals surface area contributed by atoms with Crippen LogP contribution in [0.3, 0.4) is 0 Å². The van der Waals surface area contributed by atoms with E-state index in [0.717, 1.165) is 12.1 Å². The molecule has 4 atom stereocenters. The van der Waals surface area contributed by atoms with E-state index in [2.05, 4.69) is 48.5 Å². The molecule has 0 amide bonds. The Kier molecular flexibility index (Phi) is 3.80. The van der Waals surface area contributed by atoms with Gasteiger partial charge in [0.2, 0.25) is 0 Å².